The van der Waals surface area contributed by atoms with Crippen LogP contribution in [0.1, 0.15) is 36.8 Å². The number of aromatic nitrogens is 1. The Hall–Kier alpha value is -1.68. The molecule has 0 amide bonds. The van der Waals surface area contributed by atoms with Gasteiger partial charge in [-0.05, 0) is 49.0 Å². The first-order valence-electron chi connectivity index (χ1n) is 7.85. The van der Waals surface area contributed by atoms with Crippen molar-refractivity contribution in [3.8, 4) is 0 Å². The van der Waals surface area contributed by atoms with E-state index >= 15 is 0 Å². The molecule has 1 fully saturated rings. The summed E-state index contributed by atoms with van der Waals surface area (Å²) in [5.74, 6) is 0. The average Bonchev–Trinajstić information content (AvgIpc) is 2.47. The van der Waals surface area contributed by atoms with Crippen LogP contribution in [0.25, 0.3) is 16.5 Å². The number of benzene rings is 1. The number of allylic oxidation sites excluding steroid dienone is 1. The third-order valence-corrected chi connectivity index (χ3v) is 7.66. The summed E-state index contributed by atoms with van der Waals surface area (Å²) in [4.78, 5) is 4.49. The third kappa shape index (κ3) is 2.01. The standard InChI is InChI=1S/C18H19NO2S/c1-12-17(8-7-13-4-3-9-19-18(12)13)14-10-15-5-2-6-16(11-14)22(15,20)21/h3-4,7-10,15-16H,2,5-6,11H2,1H3. The molecule has 0 radical (unpaired) electrons. The van der Waals surface area contributed by atoms with Crippen molar-refractivity contribution in [2.75, 3.05) is 0 Å². The zero-order valence-electron chi connectivity index (χ0n) is 12.6. The number of hydrogen-bond acceptors (Lipinski definition) is 3. The van der Waals surface area contributed by atoms with Crippen molar-refractivity contribution in [3.05, 3.63) is 47.7 Å². The van der Waals surface area contributed by atoms with Crippen molar-refractivity contribution < 1.29 is 8.42 Å². The minimum absolute atomic E-state index is 0.190. The molecule has 3 heterocycles. The van der Waals surface area contributed by atoms with E-state index in [0.717, 1.165) is 41.3 Å². The minimum atomic E-state index is -2.95. The Balaban J connectivity index is 1.86. The van der Waals surface area contributed by atoms with Crippen LogP contribution in [0.5, 0.6) is 0 Å². The third-order valence-electron chi connectivity index (χ3n) is 5.11. The number of aryl methyl sites for hydroxylation is 1. The molecule has 0 spiro atoms. The van der Waals surface area contributed by atoms with Crippen LogP contribution in [0.2, 0.25) is 0 Å². The number of hydrogen-bond donors (Lipinski definition) is 0. The second-order valence-corrected chi connectivity index (χ2v) is 8.84. The van der Waals surface area contributed by atoms with Crippen molar-refractivity contribution in [2.45, 2.75) is 43.1 Å². The second-order valence-electron chi connectivity index (χ2n) is 6.39. The fourth-order valence-corrected chi connectivity index (χ4v) is 6.15. The van der Waals surface area contributed by atoms with E-state index in [1.807, 2.05) is 18.3 Å². The van der Waals surface area contributed by atoms with E-state index < -0.39 is 9.84 Å². The Morgan fingerprint density at radius 2 is 2.05 bits per heavy atom. The van der Waals surface area contributed by atoms with Gasteiger partial charge >= 0.3 is 0 Å². The summed E-state index contributed by atoms with van der Waals surface area (Å²) >= 11 is 0. The van der Waals surface area contributed by atoms with Gasteiger partial charge in [-0.25, -0.2) is 8.42 Å². The molecular formula is C18H19NO2S. The Kier molecular flexibility index (Phi) is 3.12. The molecule has 2 aliphatic rings. The zero-order valence-corrected chi connectivity index (χ0v) is 13.4. The second kappa shape index (κ2) is 4.92. The SMILES string of the molecule is Cc1c(C2=CC3CCCC(C2)S3(=O)=O)ccc2cccnc12. The van der Waals surface area contributed by atoms with Gasteiger partial charge in [-0.2, -0.15) is 0 Å². The number of nitrogens with zero attached hydrogens (tertiary/aromatic N) is 1. The predicted molar refractivity (Wildman–Crippen MR) is 89.4 cm³/mol. The van der Waals surface area contributed by atoms with Crippen LogP contribution in [0.15, 0.2) is 36.5 Å². The van der Waals surface area contributed by atoms with Gasteiger partial charge in [-0.3, -0.25) is 4.98 Å². The normalized spacial score (nSPS) is 26.7. The summed E-state index contributed by atoms with van der Waals surface area (Å²) in [5.41, 5.74) is 4.52. The van der Waals surface area contributed by atoms with Gasteiger partial charge < -0.3 is 0 Å². The first kappa shape index (κ1) is 13.9. The monoisotopic (exact) mass is 313 g/mol. The van der Waals surface area contributed by atoms with Crippen LogP contribution in [-0.2, 0) is 9.84 Å². The van der Waals surface area contributed by atoms with E-state index in [4.69, 9.17) is 0 Å². The van der Waals surface area contributed by atoms with Crippen LogP contribution < -0.4 is 0 Å². The van der Waals surface area contributed by atoms with Crippen molar-refractivity contribution in [2.24, 2.45) is 0 Å². The van der Waals surface area contributed by atoms with Crippen molar-refractivity contribution in [1.29, 1.82) is 0 Å². The maximum Gasteiger partial charge on any atom is 0.159 e. The van der Waals surface area contributed by atoms with Gasteiger partial charge in [0.25, 0.3) is 0 Å². The average molecular weight is 313 g/mol. The summed E-state index contributed by atoms with van der Waals surface area (Å²) in [7, 11) is -2.95. The molecule has 1 saturated heterocycles. The summed E-state index contributed by atoms with van der Waals surface area (Å²) in [6, 6.07) is 8.22. The van der Waals surface area contributed by atoms with Gasteiger partial charge in [0.1, 0.15) is 0 Å². The number of fused-ring (bicyclic) bond motifs is 3. The molecule has 22 heavy (non-hydrogen) atoms. The first-order valence-corrected chi connectivity index (χ1v) is 9.46. The summed E-state index contributed by atoms with van der Waals surface area (Å²) in [6.07, 6.45) is 7.07. The highest BCUT2D eigenvalue weighted by atomic mass is 32.2. The van der Waals surface area contributed by atoms with Gasteiger partial charge in [0.15, 0.2) is 9.84 Å². The Morgan fingerprint density at radius 1 is 1.18 bits per heavy atom. The fraction of sp³-hybridized carbons (Fsp3) is 0.389. The van der Waals surface area contributed by atoms with E-state index in [1.165, 1.54) is 5.57 Å². The number of rotatable bonds is 1. The summed E-state index contributed by atoms with van der Waals surface area (Å²) in [5, 5.41) is 0.659. The molecule has 2 aliphatic heterocycles. The van der Waals surface area contributed by atoms with Crippen LogP contribution >= 0.6 is 0 Å². The smallest absolute Gasteiger partial charge is 0.159 e. The lowest BCUT2D eigenvalue weighted by molar-refractivity contribution is 0.518. The van der Waals surface area contributed by atoms with Crippen LogP contribution in [0.3, 0.4) is 0 Å². The molecule has 1 aromatic heterocycles. The first-order chi connectivity index (χ1) is 10.6. The molecule has 3 nitrogen and oxygen atoms in total. The Bertz CT molecular complexity index is 883. The lowest BCUT2D eigenvalue weighted by atomic mass is 9.90. The molecule has 1 aromatic carbocycles. The van der Waals surface area contributed by atoms with Gasteiger partial charge in [-0.15, -0.1) is 0 Å². The maximum absolute atomic E-state index is 12.4. The quantitative estimate of drug-likeness (QED) is 0.807. The highest BCUT2D eigenvalue weighted by Gasteiger charge is 2.40. The summed E-state index contributed by atoms with van der Waals surface area (Å²) in [6.45, 7) is 2.09. The fourth-order valence-electron chi connectivity index (χ4n) is 3.90. The highest BCUT2D eigenvalue weighted by Crippen LogP contribution is 2.40. The Labute approximate surface area is 131 Å². The van der Waals surface area contributed by atoms with Gasteiger partial charge in [0.05, 0.1) is 16.0 Å². The van der Waals surface area contributed by atoms with E-state index in [0.29, 0.717) is 6.42 Å². The summed E-state index contributed by atoms with van der Waals surface area (Å²) < 4.78 is 24.8. The highest BCUT2D eigenvalue weighted by molar-refractivity contribution is 7.93. The van der Waals surface area contributed by atoms with Crippen LogP contribution in [0.4, 0.5) is 0 Å². The number of sulfone groups is 1. The molecular weight excluding hydrogens is 294 g/mol. The lowest BCUT2D eigenvalue weighted by Gasteiger charge is -2.33. The van der Waals surface area contributed by atoms with E-state index in [9.17, 15) is 8.42 Å². The topological polar surface area (TPSA) is 47.0 Å². The maximum atomic E-state index is 12.4. The van der Waals surface area contributed by atoms with E-state index in [2.05, 4.69) is 30.1 Å². The lowest BCUT2D eigenvalue weighted by Crippen LogP contribution is -2.38. The van der Waals surface area contributed by atoms with Crippen LogP contribution in [-0.4, -0.2) is 23.9 Å². The predicted octanol–water partition coefficient (Wildman–Crippen LogP) is 3.67. The molecule has 0 N–H and O–H groups in total. The van der Waals surface area contributed by atoms with Gasteiger partial charge in [-0.1, -0.05) is 30.7 Å². The van der Waals surface area contributed by atoms with E-state index in [-0.39, 0.29) is 10.5 Å². The molecule has 4 heteroatoms. The number of pyridine rings is 1. The molecule has 2 aromatic rings. The molecule has 2 unspecified atom stereocenters. The molecule has 2 bridgehead atoms. The Morgan fingerprint density at radius 3 is 2.86 bits per heavy atom. The molecule has 4 rings (SSSR count). The van der Waals surface area contributed by atoms with Gasteiger partial charge in [0.2, 0.25) is 0 Å². The van der Waals surface area contributed by atoms with Crippen molar-refractivity contribution in [3.63, 3.8) is 0 Å². The van der Waals surface area contributed by atoms with E-state index in [1.54, 1.807) is 0 Å². The van der Waals surface area contributed by atoms with Crippen molar-refractivity contribution >= 4 is 26.3 Å². The minimum Gasteiger partial charge on any atom is -0.256 e. The zero-order chi connectivity index (χ0) is 15.3. The van der Waals surface area contributed by atoms with Crippen molar-refractivity contribution in [1.82, 2.24) is 4.98 Å². The molecule has 0 aliphatic carbocycles. The largest absolute Gasteiger partial charge is 0.256 e. The molecule has 2 atom stereocenters. The van der Waals surface area contributed by atoms with Gasteiger partial charge in [0, 0.05) is 11.6 Å². The molecule has 114 valence electrons. The van der Waals surface area contributed by atoms with Crippen LogP contribution in [0, 0.1) is 6.92 Å². The molecule has 0 saturated carbocycles.